The van der Waals surface area contributed by atoms with E-state index >= 15 is 0 Å². The van der Waals surface area contributed by atoms with Gasteiger partial charge in [0.15, 0.2) is 0 Å². The average molecular weight is 374 g/mol. The number of pyridine rings is 1. The van der Waals surface area contributed by atoms with Crippen LogP contribution >= 0.6 is 0 Å². The number of aryl methyl sites for hydroxylation is 2. The van der Waals surface area contributed by atoms with Gasteiger partial charge in [0.25, 0.3) is 5.91 Å². The van der Waals surface area contributed by atoms with Crippen molar-refractivity contribution in [1.82, 2.24) is 29.9 Å². The molecule has 0 aliphatic rings. The lowest BCUT2D eigenvalue weighted by Gasteiger charge is -2.14. The van der Waals surface area contributed by atoms with Crippen LogP contribution in [0.4, 0.5) is 0 Å². The number of carbonyl (C=O) groups excluding carboxylic acids is 1. The molecule has 4 aromatic rings. The second-order valence-corrected chi connectivity index (χ2v) is 6.77. The first-order valence-electron chi connectivity index (χ1n) is 9.28. The molecule has 3 aromatic heterocycles. The van der Waals surface area contributed by atoms with Gasteiger partial charge in [0.1, 0.15) is 0 Å². The molecule has 1 unspecified atom stereocenters. The number of nitrogens with zero attached hydrogens (tertiary/aromatic N) is 5. The molecule has 0 saturated heterocycles. The van der Waals surface area contributed by atoms with E-state index in [0.717, 1.165) is 34.4 Å². The van der Waals surface area contributed by atoms with Gasteiger partial charge in [-0.25, -0.2) is 4.98 Å². The lowest BCUT2D eigenvalue weighted by molar-refractivity contribution is 0.0940. The van der Waals surface area contributed by atoms with Gasteiger partial charge in [-0.3, -0.25) is 14.2 Å². The third kappa shape index (κ3) is 3.38. The summed E-state index contributed by atoms with van der Waals surface area (Å²) in [5.41, 5.74) is 3.79. The van der Waals surface area contributed by atoms with Crippen molar-refractivity contribution in [2.75, 3.05) is 0 Å². The van der Waals surface area contributed by atoms with Gasteiger partial charge in [0.2, 0.25) is 0 Å². The molecule has 142 valence electrons. The van der Waals surface area contributed by atoms with Crippen LogP contribution in [0.15, 0.2) is 55.0 Å². The minimum absolute atomic E-state index is 0.151. The highest BCUT2D eigenvalue weighted by molar-refractivity contribution is 6.07. The summed E-state index contributed by atoms with van der Waals surface area (Å²) in [7, 11) is 1.86. The maximum absolute atomic E-state index is 13.1. The smallest absolute Gasteiger partial charge is 0.252 e. The van der Waals surface area contributed by atoms with Gasteiger partial charge in [-0.05, 0) is 32.0 Å². The Hall–Kier alpha value is -3.48. The summed E-state index contributed by atoms with van der Waals surface area (Å²) in [4.78, 5) is 17.8. The summed E-state index contributed by atoms with van der Waals surface area (Å²) in [5, 5.41) is 12.6. The Morgan fingerprint density at radius 2 is 2.07 bits per heavy atom. The molecule has 0 radical (unpaired) electrons. The second kappa shape index (κ2) is 7.26. The molecule has 1 atom stereocenters. The van der Waals surface area contributed by atoms with E-state index in [2.05, 4.69) is 15.5 Å². The second-order valence-electron chi connectivity index (χ2n) is 6.77. The number of hydrogen-bond donors (Lipinski definition) is 1. The number of para-hydroxylation sites is 1. The van der Waals surface area contributed by atoms with Crippen LogP contribution in [0.5, 0.6) is 0 Å². The van der Waals surface area contributed by atoms with Crippen LogP contribution < -0.4 is 5.32 Å². The molecule has 28 heavy (non-hydrogen) atoms. The van der Waals surface area contributed by atoms with Gasteiger partial charge in [0, 0.05) is 36.9 Å². The van der Waals surface area contributed by atoms with Crippen molar-refractivity contribution in [3.8, 4) is 11.3 Å². The Morgan fingerprint density at radius 3 is 2.79 bits per heavy atom. The molecule has 0 fully saturated rings. The predicted molar refractivity (Wildman–Crippen MR) is 108 cm³/mol. The number of nitrogens with one attached hydrogen (secondary N) is 1. The van der Waals surface area contributed by atoms with Crippen LogP contribution in [0.3, 0.4) is 0 Å². The Morgan fingerprint density at radius 1 is 1.25 bits per heavy atom. The van der Waals surface area contributed by atoms with Crippen molar-refractivity contribution in [2.24, 2.45) is 7.05 Å². The summed E-state index contributed by atoms with van der Waals surface area (Å²) in [6, 6.07) is 11.2. The number of hydrogen-bond acceptors (Lipinski definition) is 4. The van der Waals surface area contributed by atoms with Gasteiger partial charge in [-0.2, -0.15) is 10.2 Å². The van der Waals surface area contributed by atoms with Gasteiger partial charge >= 0.3 is 0 Å². The first-order valence-corrected chi connectivity index (χ1v) is 9.28. The number of rotatable bonds is 5. The van der Waals surface area contributed by atoms with Gasteiger partial charge < -0.3 is 5.32 Å². The molecule has 1 aromatic carbocycles. The number of amides is 1. The maximum atomic E-state index is 13.1. The number of fused-ring (bicyclic) bond motifs is 1. The fourth-order valence-electron chi connectivity index (χ4n) is 3.20. The van der Waals surface area contributed by atoms with Gasteiger partial charge in [-0.1, -0.05) is 18.2 Å². The van der Waals surface area contributed by atoms with Crippen LogP contribution in [-0.2, 0) is 13.6 Å². The number of carbonyl (C=O) groups is 1. The van der Waals surface area contributed by atoms with E-state index in [4.69, 9.17) is 4.98 Å². The van der Waals surface area contributed by atoms with E-state index in [1.54, 1.807) is 10.9 Å². The average Bonchev–Trinajstić information content (AvgIpc) is 3.36. The lowest BCUT2D eigenvalue weighted by Crippen LogP contribution is -2.27. The molecular formula is C21H22N6O. The van der Waals surface area contributed by atoms with Crippen LogP contribution in [0, 0.1) is 0 Å². The quantitative estimate of drug-likeness (QED) is 0.581. The lowest BCUT2D eigenvalue weighted by atomic mass is 10.0. The molecule has 0 aliphatic heterocycles. The van der Waals surface area contributed by atoms with Crippen LogP contribution in [0.25, 0.3) is 22.2 Å². The monoisotopic (exact) mass is 374 g/mol. The largest absolute Gasteiger partial charge is 0.344 e. The third-order valence-electron chi connectivity index (χ3n) is 4.74. The van der Waals surface area contributed by atoms with Crippen LogP contribution in [0.2, 0.25) is 0 Å². The molecule has 3 heterocycles. The van der Waals surface area contributed by atoms with Crippen molar-refractivity contribution in [2.45, 2.75) is 26.4 Å². The SMILES string of the molecule is CCn1ccc(C(C)NC(=O)c2cc(-c3cnn(C)c3)nc3ccccc23)n1. The van der Waals surface area contributed by atoms with E-state index in [9.17, 15) is 4.79 Å². The highest BCUT2D eigenvalue weighted by Gasteiger charge is 2.18. The van der Waals surface area contributed by atoms with Gasteiger partial charge in [0.05, 0.1) is 34.7 Å². The van der Waals surface area contributed by atoms with Crippen molar-refractivity contribution in [1.29, 1.82) is 0 Å². The highest BCUT2D eigenvalue weighted by Crippen LogP contribution is 2.25. The minimum Gasteiger partial charge on any atom is -0.344 e. The van der Waals surface area contributed by atoms with E-state index in [0.29, 0.717) is 5.56 Å². The van der Waals surface area contributed by atoms with Crippen molar-refractivity contribution >= 4 is 16.8 Å². The minimum atomic E-state index is -0.200. The first-order chi connectivity index (χ1) is 13.5. The Bertz CT molecular complexity index is 1140. The van der Waals surface area contributed by atoms with E-state index in [1.807, 2.05) is 74.4 Å². The maximum Gasteiger partial charge on any atom is 0.252 e. The third-order valence-corrected chi connectivity index (χ3v) is 4.74. The molecule has 1 N–H and O–H groups in total. The molecule has 7 nitrogen and oxygen atoms in total. The molecule has 7 heteroatoms. The van der Waals surface area contributed by atoms with Crippen molar-refractivity contribution in [3.63, 3.8) is 0 Å². The Kier molecular flexibility index (Phi) is 4.65. The molecule has 0 saturated carbocycles. The predicted octanol–water partition coefficient (Wildman–Crippen LogP) is 3.34. The number of benzene rings is 1. The summed E-state index contributed by atoms with van der Waals surface area (Å²) in [5.74, 6) is -0.151. The zero-order valence-corrected chi connectivity index (χ0v) is 16.1. The van der Waals surface area contributed by atoms with Crippen molar-refractivity contribution in [3.05, 3.63) is 66.2 Å². The fraction of sp³-hybridized carbons (Fsp3) is 0.238. The van der Waals surface area contributed by atoms with E-state index in [-0.39, 0.29) is 11.9 Å². The topological polar surface area (TPSA) is 77.6 Å². The standard InChI is InChI=1S/C21H22N6O/c1-4-27-10-9-18(25-27)14(2)23-21(28)17-11-20(15-12-22-26(3)13-15)24-19-8-6-5-7-16(17)19/h5-14H,4H2,1-3H3,(H,23,28). The molecule has 0 aliphatic carbocycles. The zero-order chi connectivity index (χ0) is 19.7. The normalized spacial score (nSPS) is 12.2. The Labute approximate surface area is 163 Å². The van der Waals surface area contributed by atoms with Crippen LogP contribution in [0.1, 0.15) is 35.9 Å². The highest BCUT2D eigenvalue weighted by atomic mass is 16.1. The summed E-state index contributed by atoms with van der Waals surface area (Å²) in [6.45, 7) is 4.76. The van der Waals surface area contributed by atoms with Crippen LogP contribution in [-0.4, -0.2) is 30.5 Å². The molecule has 4 rings (SSSR count). The summed E-state index contributed by atoms with van der Waals surface area (Å²) in [6.07, 6.45) is 5.55. The van der Waals surface area contributed by atoms with E-state index < -0.39 is 0 Å². The molecule has 0 spiro atoms. The number of aromatic nitrogens is 5. The summed E-state index contributed by atoms with van der Waals surface area (Å²) >= 11 is 0. The molecular weight excluding hydrogens is 352 g/mol. The molecule has 0 bridgehead atoms. The Balaban J connectivity index is 1.70. The summed E-state index contributed by atoms with van der Waals surface area (Å²) < 4.78 is 3.57. The zero-order valence-electron chi connectivity index (χ0n) is 16.1. The van der Waals surface area contributed by atoms with Gasteiger partial charge in [-0.15, -0.1) is 0 Å². The van der Waals surface area contributed by atoms with Crippen molar-refractivity contribution < 1.29 is 4.79 Å². The van der Waals surface area contributed by atoms with E-state index in [1.165, 1.54) is 0 Å². The first kappa shape index (κ1) is 17.9. The molecule has 1 amide bonds. The fourth-order valence-corrected chi connectivity index (χ4v) is 3.20.